The molecule has 0 N–H and O–H groups in total. The van der Waals surface area contributed by atoms with Crippen LogP contribution in [0, 0.1) is 10.7 Å². The molecular weight excluding hydrogens is 801 g/mol. The number of aliphatic imine (C=N–C) groups is 1. The highest BCUT2D eigenvalue weighted by Gasteiger charge is 2.32. The Labute approximate surface area is 250 Å². The topological polar surface area (TPSA) is 51.1 Å². The van der Waals surface area contributed by atoms with Gasteiger partial charge in [-0.25, -0.2) is 4.99 Å². The normalized spacial score (nSPS) is 15.8. The fourth-order valence-electron chi connectivity index (χ4n) is 3.33. The van der Waals surface area contributed by atoms with Gasteiger partial charge >= 0.3 is 0 Å². The first-order valence-electron chi connectivity index (χ1n) is 10.7. The smallest absolute Gasteiger partial charge is 0.266 e. The van der Waals surface area contributed by atoms with Crippen molar-refractivity contribution in [2.75, 3.05) is 13.7 Å². The van der Waals surface area contributed by atoms with E-state index in [1.54, 1.807) is 12.0 Å². The molecule has 0 saturated carbocycles. The van der Waals surface area contributed by atoms with Crippen molar-refractivity contribution in [3.05, 3.63) is 87.4 Å². The average molecular weight is 822 g/mol. The lowest BCUT2D eigenvalue weighted by molar-refractivity contribution is -0.122. The molecule has 1 heterocycles. The summed E-state index contributed by atoms with van der Waals surface area (Å²) < 4.78 is 14.5. The molecule has 1 aliphatic heterocycles. The number of ether oxygens (including phenoxy) is 2. The molecule has 180 valence electrons. The Hall–Kier alpha value is -1.32. The zero-order valence-corrected chi connectivity index (χ0v) is 26.2. The molecule has 1 saturated heterocycles. The molecule has 0 radical (unpaired) electrons. The Morgan fingerprint density at radius 1 is 1.00 bits per heavy atom. The van der Waals surface area contributed by atoms with Crippen molar-refractivity contribution in [3.8, 4) is 11.5 Å². The van der Waals surface area contributed by atoms with E-state index in [4.69, 9.17) is 14.5 Å². The molecule has 0 bridgehead atoms. The van der Waals surface area contributed by atoms with Gasteiger partial charge in [0.1, 0.15) is 18.1 Å². The van der Waals surface area contributed by atoms with Gasteiger partial charge in [-0.05, 0) is 152 Å². The van der Waals surface area contributed by atoms with Crippen molar-refractivity contribution >= 4 is 102 Å². The van der Waals surface area contributed by atoms with Gasteiger partial charge in [0.25, 0.3) is 5.91 Å². The highest BCUT2D eigenvalue weighted by molar-refractivity contribution is 14.1. The number of halogens is 3. The van der Waals surface area contributed by atoms with Crippen LogP contribution < -0.4 is 9.47 Å². The van der Waals surface area contributed by atoms with E-state index in [9.17, 15) is 4.79 Å². The van der Waals surface area contributed by atoms with E-state index >= 15 is 0 Å². The van der Waals surface area contributed by atoms with Gasteiger partial charge in [0, 0.05) is 10.1 Å². The summed E-state index contributed by atoms with van der Waals surface area (Å²) in [5, 5.41) is 0.677. The third-order valence-corrected chi connectivity index (χ3v) is 8.44. The van der Waals surface area contributed by atoms with Gasteiger partial charge in [0.05, 0.1) is 24.8 Å². The van der Waals surface area contributed by atoms with Crippen molar-refractivity contribution in [2.24, 2.45) is 4.99 Å². The summed E-state index contributed by atoms with van der Waals surface area (Å²) in [4.78, 5) is 20.1. The Kier molecular flexibility index (Phi) is 9.38. The number of hydrogen-bond acceptors (Lipinski definition) is 5. The molecule has 1 aliphatic rings. The number of hydrogen-bond donors (Lipinski definition) is 0. The predicted octanol–water partition coefficient (Wildman–Crippen LogP) is 7.71. The number of amidine groups is 1. The molecule has 0 aromatic heterocycles. The molecule has 35 heavy (non-hydrogen) atoms. The number of benzene rings is 3. The van der Waals surface area contributed by atoms with E-state index in [1.807, 2.05) is 49.4 Å². The van der Waals surface area contributed by atoms with Crippen LogP contribution in [-0.2, 0) is 11.4 Å². The summed E-state index contributed by atoms with van der Waals surface area (Å²) in [6.07, 6.45) is 1.93. The van der Waals surface area contributed by atoms with E-state index in [1.165, 1.54) is 15.3 Å². The van der Waals surface area contributed by atoms with Crippen LogP contribution in [0.4, 0.5) is 5.69 Å². The van der Waals surface area contributed by atoms with Gasteiger partial charge in [0.15, 0.2) is 5.17 Å². The number of amides is 1. The maximum atomic E-state index is 13.1. The van der Waals surface area contributed by atoms with Gasteiger partial charge in [-0.1, -0.05) is 12.1 Å². The molecule has 5 nitrogen and oxygen atoms in total. The van der Waals surface area contributed by atoms with Crippen molar-refractivity contribution in [1.29, 1.82) is 0 Å². The number of likely N-dealkylation sites (N-methyl/N-ethyl adjacent to an activating group) is 1. The quantitative estimate of drug-likeness (QED) is 0.181. The lowest BCUT2D eigenvalue weighted by Gasteiger charge is -2.12. The molecule has 0 atom stereocenters. The highest BCUT2D eigenvalue weighted by atomic mass is 127. The van der Waals surface area contributed by atoms with E-state index in [-0.39, 0.29) is 5.91 Å². The SMILES string of the molecule is CCN1C(=O)/C(=C\c2cc(I)c(OCc3ccc(I)cc3)c(I)c2)SC1=Nc1ccc(OC)cc1. The molecular formula is C26H21I3N2O3S. The summed E-state index contributed by atoms with van der Waals surface area (Å²) in [6, 6.07) is 19.9. The monoisotopic (exact) mass is 822 g/mol. The number of rotatable bonds is 7. The summed E-state index contributed by atoms with van der Waals surface area (Å²) in [6.45, 7) is 3.02. The van der Waals surface area contributed by atoms with Crippen LogP contribution in [-0.4, -0.2) is 29.6 Å². The summed E-state index contributed by atoms with van der Waals surface area (Å²) in [7, 11) is 1.63. The first-order chi connectivity index (χ1) is 16.9. The Morgan fingerprint density at radius 2 is 1.66 bits per heavy atom. The van der Waals surface area contributed by atoms with E-state index in [2.05, 4.69) is 92.0 Å². The lowest BCUT2D eigenvalue weighted by Crippen LogP contribution is -2.28. The van der Waals surface area contributed by atoms with E-state index in [0.717, 1.165) is 35.5 Å². The maximum Gasteiger partial charge on any atom is 0.266 e. The van der Waals surface area contributed by atoms with Crippen LogP contribution in [0.3, 0.4) is 0 Å². The minimum absolute atomic E-state index is 0.0335. The fraction of sp³-hybridized carbons (Fsp3) is 0.154. The van der Waals surface area contributed by atoms with Crippen LogP contribution in [0.5, 0.6) is 11.5 Å². The molecule has 4 rings (SSSR count). The third-order valence-electron chi connectivity index (χ3n) is 5.12. The van der Waals surface area contributed by atoms with Gasteiger partial charge in [-0.3, -0.25) is 9.69 Å². The molecule has 1 amide bonds. The molecule has 1 fully saturated rings. The fourth-order valence-corrected chi connectivity index (χ4v) is 6.88. The first kappa shape index (κ1) is 26.7. The molecule has 9 heteroatoms. The van der Waals surface area contributed by atoms with Crippen molar-refractivity contribution in [1.82, 2.24) is 4.90 Å². The van der Waals surface area contributed by atoms with E-state index in [0.29, 0.717) is 23.2 Å². The zero-order valence-electron chi connectivity index (χ0n) is 18.9. The van der Waals surface area contributed by atoms with Crippen LogP contribution in [0.25, 0.3) is 6.08 Å². The molecule has 0 spiro atoms. The largest absolute Gasteiger partial charge is 0.497 e. The van der Waals surface area contributed by atoms with Crippen LogP contribution >= 0.6 is 79.5 Å². The predicted molar refractivity (Wildman–Crippen MR) is 168 cm³/mol. The zero-order chi connectivity index (χ0) is 24.9. The first-order valence-corrected chi connectivity index (χ1v) is 14.7. The molecule has 3 aromatic carbocycles. The number of methoxy groups -OCH3 is 1. The highest BCUT2D eigenvalue weighted by Crippen LogP contribution is 2.36. The minimum Gasteiger partial charge on any atom is -0.497 e. The second kappa shape index (κ2) is 12.3. The van der Waals surface area contributed by atoms with Crippen LogP contribution in [0.15, 0.2) is 70.6 Å². The van der Waals surface area contributed by atoms with Crippen LogP contribution in [0.2, 0.25) is 0 Å². The standard InChI is InChI=1S/C26H21I3N2O3S/c1-3-31-25(32)23(35-26(31)30-19-8-10-20(33-2)11-9-19)14-17-12-21(28)24(22(29)13-17)34-15-16-4-6-18(27)7-5-16/h4-14H,3,15H2,1-2H3/b23-14+,30-26?. The second-order valence-electron chi connectivity index (χ2n) is 7.48. The molecule has 0 unspecified atom stereocenters. The lowest BCUT2D eigenvalue weighted by atomic mass is 10.2. The maximum absolute atomic E-state index is 13.1. The number of carbonyl (C=O) groups is 1. The third kappa shape index (κ3) is 6.72. The number of carbonyl (C=O) groups excluding carboxylic acids is 1. The summed E-state index contributed by atoms with van der Waals surface area (Å²) in [5.74, 6) is 1.59. The van der Waals surface area contributed by atoms with Crippen LogP contribution in [0.1, 0.15) is 18.1 Å². The summed E-state index contributed by atoms with van der Waals surface area (Å²) >= 11 is 8.27. The van der Waals surface area contributed by atoms with Gasteiger partial charge in [-0.15, -0.1) is 0 Å². The van der Waals surface area contributed by atoms with Gasteiger partial charge in [0.2, 0.25) is 0 Å². The number of thioether (sulfide) groups is 1. The van der Waals surface area contributed by atoms with E-state index < -0.39 is 0 Å². The Morgan fingerprint density at radius 3 is 2.26 bits per heavy atom. The van der Waals surface area contributed by atoms with Crippen molar-refractivity contribution in [3.63, 3.8) is 0 Å². The summed E-state index contributed by atoms with van der Waals surface area (Å²) in [5.41, 5.74) is 2.86. The average Bonchev–Trinajstić information content (AvgIpc) is 3.13. The molecule has 0 aliphatic carbocycles. The number of nitrogens with zero attached hydrogens (tertiary/aromatic N) is 2. The Balaban J connectivity index is 1.54. The van der Waals surface area contributed by atoms with Gasteiger partial charge in [-0.2, -0.15) is 0 Å². The molecule has 3 aromatic rings. The Bertz CT molecular complexity index is 1270. The van der Waals surface area contributed by atoms with Gasteiger partial charge < -0.3 is 9.47 Å². The van der Waals surface area contributed by atoms with Crippen molar-refractivity contribution in [2.45, 2.75) is 13.5 Å². The second-order valence-corrected chi connectivity index (χ2v) is 12.1. The minimum atomic E-state index is -0.0335. The van der Waals surface area contributed by atoms with Crippen molar-refractivity contribution < 1.29 is 14.3 Å².